The lowest BCUT2D eigenvalue weighted by Crippen LogP contribution is -2.31. The number of carbonyl (C=O) groups is 2. The predicted octanol–water partition coefficient (Wildman–Crippen LogP) is 1.84. The first kappa shape index (κ1) is 17.8. The van der Waals surface area contributed by atoms with Gasteiger partial charge in [0.15, 0.2) is 11.6 Å². The van der Waals surface area contributed by atoms with Crippen molar-refractivity contribution in [1.29, 1.82) is 0 Å². The fraction of sp³-hybridized carbons (Fsp3) is 0. The molecule has 2 aromatic rings. The quantitative estimate of drug-likeness (QED) is 0.796. The van der Waals surface area contributed by atoms with Crippen molar-refractivity contribution in [3.8, 4) is 0 Å². The zero-order valence-corrected chi connectivity index (χ0v) is 13.3. The summed E-state index contributed by atoms with van der Waals surface area (Å²) in [6, 6.07) is 6.21. The number of primary amides is 1. The second kappa shape index (κ2) is 6.54. The van der Waals surface area contributed by atoms with Crippen LogP contribution >= 0.6 is 11.6 Å². The summed E-state index contributed by atoms with van der Waals surface area (Å²) in [4.78, 5) is 21.7. The maximum absolute atomic E-state index is 13.7. The van der Waals surface area contributed by atoms with Crippen molar-refractivity contribution in [3.05, 3.63) is 64.2 Å². The Balaban J connectivity index is 2.34. The van der Waals surface area contributed by atoms with E-state index in [-0.39, 0.29) is 11.1 Å². The summed E-state index contributed by atoms with van der Waals surface area (Å²) in [5, 5.41) is -0.585. The normalized spacial score (nSPS) is 11.1. The summed E-state index contributed by atoms with van der Waals surface area (Å²) < 4.78 is 52.7. The molecule has 10 heteroatoms. The molecule has 0 atom stereocenters. The van der Waals surface area contributed by atoms with E-state index in [2.05, 4.69) is 0 Å². The molecule has 0 heterocycles. The van der Waals surface area contributed by atoms with Crippen molar-refractivity contribution in [2.45, 2.75) is 4.90 Å². The molecule has 0 bridgehead atoms. The Morgan fingerprint density at radius 3 is 2.08 bits per heavy atom. The molecule has 6 nitrogen and oxygen atoms in total. The van der Waals surface area contributed by atoms with E-state index in [1.54, 1.807) is 4.72 Å². The lowest BCUT2D eigenvalue weighted by Gasteiger charge is -2.10. The number of sulfonamides is 1. The molecule has 0 aliphatic carbocycles. The van der Waals surface area contributed by atoms with Gasteiger partial charge in [-0.1, -0.05) is 11.6 Å². The average Bonchev–Trinajstić information content (AvgIpc) is 2.50. The van der Waals surface area contributed by atoms with Gasteiger partial charge in [0.2, 0.25) is 5.91 Å². The molecule has 0 saturated carbocycles. The van der Waals surface area contributed by atoms with E-state index < -0.39 is 43.4 Å². The molecule has 0 spiro atoms. The highest BCUT2D eigenvalue weighted by molar-refractivity contribution is 7.90. The average molecular weight is 375 g/mol. The molecule has 0 unspecified atom stereocenters. The van der Waals surface area contributed by atoms with E-state index in [9.17, 15) is 26.8 Å². The van der Waals surface area contributed by atoms with E-state index in [0.29, 0.717) is 6.07 Å². The highest BCUT2D eigenvalue weighted by Gasteiger charge is 2.27. The van der Waals surface area contributed by atoms with E-state index >= 15 is 0 Å². The van der Waals surface area contributed by atoms with Crippen LogP contribution in [0.2, 0.25) is 5.02 Å². The molecule has 0 aromatic heterocycles. The molecule has 0 saturated heterocycles. The van der Waals surface area contributed by atoms with Gasteiger partial charge in [-0.15, -0.1) is 0 Å². The van der Waals surface area contributed by atoms with Crippen LogP contribution in [0, 0.1) is 11.6 Å². The molecule has 0 aliphatic rings. The minimum absolute atomic E-state index is 0.105. The molecular formula is C14H9ClF2N2O4S. The Morgan fingerprint density at radius 1 is 1.00 bits per heavy atom. The predicted molar refractivity (Wildman–Crippen MR) is 81.0 cm³/mol. The molecule has 2 amide bonds. The number of nitrogens with two attached hydrogens (primary N) is 1. The summed E-state index contributed by atoms with van der Waals surface area (Å²) in [6.45, 7) is 0. The number of carbonyl (C=O) groups excluding carboxylic acids is 2. The van der Waals surface area contributed by atoms with Gasteiger partial charge >= 0.3 is 0 Å². The zero-order valence-electron chi connectivity index (χ0n) is 11.7. The second-order valence-electron chi connectivity index (χ2n) is 4.55. The number of rotatable bonds is 4. The minimum atomic E-state index is -4.76. The van der Waals surface area contributed by atoms with E-state index in [1.165, 1.54) is 12.1 Å². The third-order valence-electron chi connectivity index (χ3n) is 2.93. The van der Waals surface area contributed by atoms with Crippen molar-refractivity contribution in [2.75, 3.05) is 0 Å². The van der Waals surface area contributed by atoms with Crippen LogP contribution in [0.4, 0.5) is 8.78 Å². The van der Waals surface area contributed by atoms with Crippen LogP contribution in [0.25, 0.3) is 0 Å². The molecule has 2 aromatic carbocycles. The van der Waals surface area contributed by atoms with E-state index in [4.69, 9.17) is 17.3 Å². The van der Waals surface area contributed by atoms with Gasteiger partial charge in [0.1, 0.15) is 4.90 Å². The molecule has 24 heavy (non-hydrogen) atoms. The fourth-order valence-corrected chi connectivity index (χ4v) is 3.35. The van der Waals surface area contributed by atoms with Gasteiger partial charge in [-0.2, -0.15) is 0 Å². The van der Waals surface area contributed by atoms with Crippen molar-refractivity contribution in [3.63, 3.8) is 0 Å². The Morgan fingerprint density at radius 2 is 1.54 bits per heavy atom. The first-order valence-corrected chi connectivity index (χ1v) is 8.10. The molecule has 2 rings (SSSR count). The van der Waals surface area contributed by atoms with Gasteiger partial charge < -0.3 is 5.73 Å². The molecule has 0 fully saturated rings. The summed E-state index contributed by atoms with van der Waals surface area (Å²) in [6.07, 6.45) is 0. The monoisotopic (exact) mass is 374 g/mol. The topological polar surface area (TPSA) is 106 Å². The first-order valence-electron chi connectivity index (χ1n) is 6.24. The Labute approximate surface area is 140 Å². The van der Waals surface area contributed by atoms with Crippen molar-refractivity contribution >= 4 is 33.4 Å². The van der Waals surface area contributed by atoms with Crippen LogP contribution in [0.5, 0.6) is 0 Å². The van der Waals surface area contributed by atoms with E-state index in [1.807, 2.05) is 0 Å². The maximum Gasteiger partial charge on any atom is 0.268 e. The third kappa shape index (κ3) is 3.52. The lowest BCUT2D eigenvalue weighted by molar-refractivity contribution is 0.0975. The van der Waals surface area contributed by atoms with Gasteiger partial charge in [-0.3, -0.25) is 9.59 Å². The number of hydrogen-bond donors (Lipinski definition) is 2. The van der Waals surface area contributed by atoms with Crippen molar-refractivity contribution in [2.24, 2.45) is 5.73 Å². The second-order valence-corrected chi connectivity index (χ2v) is 6.57. The highest BCUT2D eigenvalue weighted by atomic mass is 35.5. The summed E-state index contributed by atoms with van der Waals surface area (Å²) in [5.41, 5.74) is 5.00. The summed E-state index contributed by atoms with van der Waals surface area (Å²) >= 11 is 5.58. The zero-order chi connectivity index (χ0) is 18.1. The maximum atomic E-state index is 13.7. The van der Waals surface area contributed by atoms with Crippen LogP contribution in [-0.4, -0.2) is 20.2 Å². The van der Waals surface area contributed by atoms with Gasteiger partial charge in [-0.25, -0.2) is 21.9 Å². The Kier molecular flexibility index (Phi) is 4.86. The van der Waals surface area contributed by atoms with Gasteiger partial charge in [0.05, 0.1) is 5.02 Å². The molecule has 126 valence electrons. The Hall–Kier alpha value is -2.52. The standard InChI is InChI=1S/C14H9ClF2N2O4S/c15-9-5-6-10(16)11(17)12(9)24(22,23)19-14(21)8-3-1-7(2-4-8)13(18)20/h1-6H,(H2,18,20)(H,19,21). The van der Waals surface area contributed by atoms with Crippen LogP contribution in [0.3, 0.4) is 0 Å². The Bertz CT molecular complexity index is 931. The van der Waals surface area contributed by atoms with Gasteiger partial charge in [0, 0.05) is 11.1 Å². The number of halogens is 3. The van der Waals surface area contributed by atoms with Crippen LogP contribution < -0.4 is 10.5 Å². The lowest BCUT2D eigenvalue weighted by atomic mass is 10.1. The number of nitrogens with one attached hydrogen (secondary N) is 1. The van der Waals surface area contributed by atoms with Crippen LogP contribution in [0.1, 0.15) is 20.7 Å². The summed E-state index contributed by atoms with van der Waals surface area (Å²) in [5.74, 6) is -4.99. The first-order chi connectivity index (χ1) is 11.1. The molecule has 0 aliphatic heterocycles. The van der Waals surface area contributed by atoms with Gasteiger partial charge in [-0.05, 0) is 36.4 Å². The minimum Gasteiger partial charge on any atom is -0.366 e. The molecule has 3 N–H and O–H groups in total. The molecule has 0 radical (unpaired) electrons. The third-order valence-corrected chi connectivity index (χ3v) is 4.75. The number of amides is 2. The van der Waals surface area contributed by atoms with Crippen LogP contribution in [0.15, 0.2) is 41.3 Å². The fourth-order valence-electron chi connectivity index (χ4n) is 1.77. The SMILES string of the molecule is NC(=O)c1ccc(C(=O)NS(=O)(=O)c2c(Cl)ccc(F)c2F)cc1. The van der Waals surface area contributed by atoms with Gasteiger partial charge in [0.25, 0.3) is 15.9 Å². The van der Waals surface area contributed by atoms with Crippen molar-refractivity contribution in [1.82, 2.24) is 4.72 Å². The smallest absolute Gasteiger partial charge is 0.268 e. The highest BCUT2D eigenvalue weighted by Crippen LogP contribution is 2.26. The molecular weight excluding hydrogens is 366 g/mol. The van der Waals surface area contributed by atoms with Crippen molar-refractivity contribution < 1.29 is 26.8 Å². The largest absolute Gasteiger partial charge is 0.366 e. The summed E-state index contributed by atoms with van der Waals surface area (Å²) in [7, 11) is -4.76. The number of hydrogen-bond acceptors (Lipinski definition) is 4. The van der Waals surface area contributed by atoms with Crippen LogP contribution in [-0.2, 0) is 10.0 Å². The number of benzene rings is 2. The van der Waals surface area contributed by atoms with E-state index in [0.717, 1.165) is 18.2 Å².